The number of nitrogens with one attached hydrogen (secondary N) is 1. The van der Waals surface area contributed by atoms with Gasteiger partial charge in [-0.25, -0.2) is 13.9 Å². The molecule has 0 radical (unpaired) electrons. The molecule has 1 amide bonds. The van der Waals surface area contributed by atoms with Gasteiger partial charge in [0.05, 0.1) is 22.1 Å². The smallest absolute Gasteiger partial charge is 0.269 e. The molecule has 22 heavy (non-hydrogen) atoms. The van der Waals surface area contributed by atoms with Crippen molar-refractivity contribution in [1.29, 1.82) is 0 Å². The van der Waals surface area contributed by atoms with Crippen molar-refractivity contribution in [3.63, 3.8) is 0 Å². The highest BCUT2D eigenvalue weighted by molar-refractivity contribution is 7.90. The molecule has 0 saturated heterocycles. The van der Waals surface area contributed by atoms with Gasteiger partial charge in [0.2, 0.25) is 0 Å². The van der Waals surface area contributed by atoms with E-state index in [1.54, 1.807) is 0 Å². The van der Waals surface area contributed by atoms with Crippen LogP contribution in [0.1, 0.15) is 15.9 Å². The summed E-state index contributed by atoms with van der Waals surface area (Å²) >= 11 is 5.93. The number of hydrogen-bond donors (Lipinski definition) is 1. The van der Waals surface area contributed by atoms with Crippen LogP contribution in [0.2, 0.25) is 5.02 Å². The van der Waals surface area contributed by atoms with E-state index in [1.165, 1.54) is 18.2 Å². The molecule has 0 bridgehead atoms. The van der Waals surface area contributed by atoms with E-state index in [0.717, 1.165) is 11.8 Å². The van der Waals surface area contributed by atoms with Gasteiger partial charge in [0.15, 0.2) is 9.84 Å². The molecule has 1 N–H and O–H groups in total. The molecule has 0 aliphatic carbocycles. The third-order valence-electron chi connectivity index (χ3n) is 2.86. The Morgan fingerprint density at radius 3 is 2.50 bits per heavy atom. The average molecular weight is 340 g/mol. The normalized spacial score (nSPS) is 11.2. The minimum Gasteiger partial charge on any atom is -0.269 e. The lowest BCUT2D eigenvalue weighted by atomic mass is 10.2. The van der Waals surface area contributed by atoms with Gasteiger partial charge in [-0.2, -0.15) is 0 Å². The number of amides is 1. The van der Waals surface area contributed by atoms with Gasteiger partial charge < -0.3 is 0 Å². The molecule has 0 heterocycles. The fourth-order valence-corrected chi connectivity index (χ4v) is 2.57. The molecule has 2 aromatic carbocycles. The van der Waals surface area contributed by atoms with Gasteiger partial charge in [0, 0.05) is 6.26 Å². The molecular weight excluding hydrogens is 326 g/mol. The van der Waals surface area contributed by atoms with E-state index in [-0.39, 0.29) is 22.1 Å². The molecule has 5 nitrogen and oxygen atoms in total. The van der Waals surface area contributed by atoms with Crippen molar-refractivity contribution in [2.75, 3.05) is 6.26 Å². The van der Waals surface area contributed by atoms with Crippen molar-refractivity contribution in [3.8, 4) is 0 Å². The summed E-state index contributed by atoms with van der Waals surface area (Å²) in [5.41, 5.74) is 3.18. The lowest BCUT2D eigenvalue weighted by molar-refractivity contribution is 0.0233. The second kappa shape index (κ2) is 6.91. The van der Waals surface area contributed by atoms with Crippen molar-refractivity contribution < 1.29 is 18.0 Å². The van der Waals surface area contributed by atoms with Crippen molar-refractivity contribution in [2.45, 2.75) is 11.5 Å². The second-order valence-electron chi connectivity index (χ2n) is 4.62. The minimum absolute atomic E-state index is 0.0186. The Kier molecular flexibility index (Phi) is 5.18. The zero-order valence-corrected chi connectivity index (χ0v) is 13.3. The number of sulfone groups is 1. The Morgan fingerprint density at radius 2 is 1.86 bits per heavy atom. The molecular formula is C15H14ClNO4S. The van der Waals surface area contributed by atoms with Gasteiger partial charge in [0.25, 0.3) is 5.91 Å². The maximum atomic E-state index is 12.0. The van der Waals surface area contributed by atoms with Crippen LogP contribution in [0.15, 0.2) is 53.4 Å². The van der Waals surface area contributed by atoms with E-state index in [2.05, 4.69) is 5.48 Å². The maximum Gasteiger partial charge on any atom is 0.276 e. The van der Waals surface area contributed by atoms with Crippen molar-refractivity contribution >= 4 is 27.3 Å². The van der Waals surface area contributed by atoms with Crippen molar-refractivity contribution in [2.24, 2.45) is 0 Å². The molecule has 0 saturated carbocycles. The summed E-state index contributed by atoms with van der Waals surface area (Å²) in [6.07, 6.45) is 1.06. The summed E-state index contributed by atoms with van der Waals surface area (Å²) in [4.78, 5) is 17.1. The van der Waals surface area contributed by atoms with Crippen LogP contribution in [-0.4, -0.2) is 20.6 Å². The molecule has 2 aromatic rings. The monoisotopic (exact) mass is 339 g/mol. The van der Waals surface area contributed by atoms with Crippen molar-refractivity contribution in [1.82, 2.24) is 5.48 Å². The highest BCUT2D eigenvalue weighted by Crippen LogP contribution is 2.20. The first kappa shape index (κ1) is 16.5. The summed E-state index contributed by atoms with van der Waals surface area (Å²) in [5.74, 6) is -0.605. The summed E-state index contributed by atoms with van der Waals surface area (Å²) in [7, 11) is -3.42. The summed E-state index contributed by atoms with van der Waals surface area (Å²) in [6, 6.07) is 13.2. The maximum absolute atomic E-state index is 12.0. The average Bonchev–Trinajstić information content (AvgIpc) is 2.47. The standard InChI is InChI=1S/C15H14ClNO4S/c1-22(19,20)12-7-8-14(16)13(9-12)15(18)17-21-10-11-5-3-2-4-6-11/h2-9H,10H2,1H3,(H,17,18). The highest BCUT2D eigenvalue weighted by Gasteiger charge is 2.15. The number of carbonyl (C=O) groups excluding carboxylic acids is 1. The number of rotatable bonds is 5. The Hall–Kier alpha value is -1.89. The number of hydroxylamine groups is 1. The molecule has 0 aromatic heterocycles. The zero-order chi connectivity index (χ0) is 16.2. The van der Waals surface area contributed by atoms with E-state index >= 15 is 0 Å². The second-order valence-corrected chi connectivity index (χ2v) is 7.04. The summed E-state index contributed by atoms with van der Waals surface area (Å²) in [5, 5.41) is 0.146. The first-order valence-electron chi connectivity index (χ1n) is 6.33. The number of benzene rings is 2. The van der Waals surface area contributed by atoms with Crippen LogP contribution in [0.5, 0.6) is 0 Å². The molecule has 0 aliphatic heterocycles. The molecule has 7 heteroatoms. The Morgan fingerprint density at radius 1 is 1.18 bits per heavy atom. The zero-order valence-electron chi connectivity index (χ0n) is 11.7. The topological polar surface area (TPSA) is 72.5 Å². The van der Waals surface area contributed by atoms with Gasteiger partial charge in [-0.05, 0) is 23.8 Å². The summed E-state index contributed by atoms with van der Waals surface area (Å²) < 4.78 is 23.0. The van der Waals surface area contributed by atoms with Gasteiger partial charge >= 0.3 is 0 Å². The lowest BCUT2D eigenvalue weighted by Crippen LogP contribution is -2.24. The third kappa shape index (κ3) is 4.30. The van der Waals surface area contributed by atoms with Gasteiger partial charge in [-0.1, -0.05) is 41.9 Å². The van der Waals surface area contributed by atoms with E-state index in [0.29, 0.717) is 0 Å². The third-order valence-corrected chi connectivity index (χ3v) is 4.30. The minimum atomic E-state index is -3.42. The van der Waals surface area contributed by atoms with E-state index in [1.807, 2.05) is 30.3 Å². The molecule has 116 valence electrons. The number of carbonyl (C=O) groups is 1. The molecule has 0 fully saturated rings. The molecule has 0 spiro atoms. The summed E-state index contributed by atoms with van der Waals surface area (Å²) in [6.45, 7) is 0.190. The van der Waals surface area contributed by atoms with Crippen LogP contribution in [0, 0.1) is 0 Å². The van der Waals surface area contributed by atoms with Gasteiger partial charge in [-0.3, -0.25) is 9.63 Å². The van der Waals surface area contributed by atoms with Gasteiger partial charge in [0.1, 0.15) is 0 Å². The number of halogens is 1. The predicted octanol–water partition coefficient (Wildman–Crippen LogP) is 2.61. The lowest BCUT2D eigenvalue weighted by Gasteiger charge is -2.08. The SMILES string of the molecule is CS(=O)(=O)c1ccc(Cl)c(C(=O)NOCc2ccccc2)c1. The van der Waals surface area contributed by atoms with E-state index in [9.17, 15) is 13.2 Å². The molecule has 0 atom stereocenters. The van der Waals surface area contributed by atoms with E-state index in [4.69, 9.17) is 16.4 Å². The fourth-order valence-electron chi connectivity index (χ4n) is 1.72. The number of hydrogen-bond acceptors (Lipinski definition) is 4. The largest absolute Gasteiger partial charge is 0.276 e. The van der Waals surface area contributed by atoms with Gasteiger partial charge in [-0.15, -0.1) is 0 Å². The molecule has 2 rings (SSSR count). The van der Waals surface area contributed by atoms with Crippen LogP contribution in [0.4, 0.5) is 0 Å². The first-order valence-corrected chi connectivity index (χ1v) is 8.60. The Balaban J connectivity index is 2.06. The van der Waals surface area contributed by atoms with Crippen LogP contribution < -0.4 is 5.48 Å². The Bertz CT molecular complexity index is 775. The van der Waals surface area contributed by atoms with Crippen molar-refractivity contribution in [3.05, 3.63) is 64.7 Å². The fraction of sp³-hybridized carbons (Fsp3) is 0.133. The van der Waals surface area contributed by atoms with Crippen LogP contribution in [0.25, 0.3) is 0 Å². The molecule has 0 aliphatic rings. The quantitative estimate of drug-likeness (QED) is 0.850. The first-order chi connectivity index (χ1) is 10.4. The van der Waals surface area contributed by atoms with Crippen LogP contribution in [-0.2, 0) is 21.3 Å². The van der Waals surface area contributed by atoms with E-state index < -0.39 is 15.7 Å². The van der Waals surface area contributed by atoms with Crippen LogP contribution >= 0.6 is 11.6 Å². The predicted molar refractivity (Wildman–Crippen MR) is 83.3 cm³/mol. The van der Waals surface area contributed by atoms with Crippen LogP contribution in [0.3, 0.4) is 0 Å². The Labute approximate surface area is 133 Å². The molecule has 0 unspecified atom stereocenters. The highest BCUT2D eigenvalue weighted by atomic mass is 35.5.